The number of aromatic nitrogens is 3. The number of nitrogens with two attached hydrogens (primary N) is 1. The number of amides is 1. The Balaban J connectivity index is 0.00000364. The number of nitrogens with one attached hydrogen (secondary N) is 1. The van der Waals surface area contributed by atoms with E-state index in [1.165, 1.54) is 16.6 Å². The molecule has 2 aromatic rings. The second-order valence-electron chi connectivity index (χ2n) is 6.22. The molecule has 10 heteroatoms. The fourth-order valence-corrected chi connectivity index (χ4v) is 2.63. The van der Waals surface area contributed by atoms with Crippen LogP contribution < -0.4 is 11.1 Å². The largest absolute Gasteiger partial charge is 0.475 e. The number of unbranched alkanes of at least 4 members (excludes halogenated alkanes) is 1. The Bertz CT molecular complexity index is 672. The molecular weight excluding hydrogens is 368 g/mol. The smallest absolute Gasteiger partial charge is 0.426 e. The molecule has 0 aliphatic rings. The van der Waals surface area contributed by atoms with E-state index in [1.54, 1.807) is 0 Å². The van der Waals surface area contributed by atoms with Crippen LogP contribution in [-0.4, -0.2) is 50.3 Å². The van der Waals surface area contributed by atoms with Gasteiger partial charge in [-0.05, 0) is 31.4 Å². The Morgan fingerprint density at radius 1 is 1.22 bits per heavy atom. The molecule has 5 N–H and O–H groups in total. The van der Waals surface area contributed by atoms with Crippen molar-refractivity contribution in [2.45, 2.75) is 44.6 Å². The van der Waals surface area contributed by atoms with E-state index in [-0.39, 0.29) is 24.9 Å². The summed E-state index contributed by atoms with van der Waals surface area (Å²) >= 11 is 0. The topological polar surface area (TPSA) is 126 Å². The Hall–Kier alpha value is -1.94. The van der Waals surface area contributed by atoms with Crippen LogP contribution in [0.15, 0.2) is 36.7 Å². The molecule has 1 atom stereocenters. The first-order valence-electron chi connectivity index (χ1n) is 8.86. The highest BCUT2D eigenvalue weighted by Crippen LogP contribution is 2.04. The minimum Gasteiger partial charge on any atom is -0.426 e. The third kappa shape index (κ3) is 8.53. The van der Waals surface area contributed by atoms with Crippen molar-refractivity contribution in [2.75, 3.05) is 6.54 Å². The molecule has 8 nitrogen and oxygen atoms in total. The van der Waals surface area contributed by atoms with Crippen molar-refractivity contribution in [3.05, 3.63) is 48.0 Å². The van der Waals surface area contributed by atoms with E-state index in [1.807, 2.05) is 18.2 Å². The van der Waals surface area contributed by atoms with E-state index in [0.29, 0.717) is 31.6 Å². The fraction of sp³-hybridized carbons (Fsp3) is 0.471. The summed E-state index contributed by atoms with van der Waals surface area (Å²) in [5.41, 5.74) is 6.63. The van der Waals surface area contributed by atoms with E-state index < -0.39 is 13.1 Å². The van der Waals surface area contributed by atoms with Gasteiger partial charge in [-0.25, -0.2) is 9.67 Å². The van der Waals surface area contributed by atoms with Gasteiger partial charge in [0.05, 0.1) is 5.94 Å². The molecule has 1 heterocycles. The molecule has 0 aliphatic carbocycles. The van der Waals surface area contributed by atoms with Crippen molar-refractivity contribution < 1.29 is 14.8 Å². The third-order valence-corrected chi connectivity index (χ3v) is 4.05. The van der Waals surface area contributed by atoms with Crippen LogP contribution in [0.4, 0.5) is 0 Å². The minimum atomic E-state index is -1.60. The summed E-state index contributed by atoms with van der Waals surface area (Å²) in [4.78, 5) is 16.3. The maximum absolute atomic E-state index is 12.1. The van der Waals surface area contributed by atoms with Gasteiger partial charge in [-0.3, -0.25) is 4.79 Å². The molecule has 0 aliphatic heterocycles. The molecule has 0 unspecified atom stereocenters. The van der Waals surface area contributed by atoms with Gasteiger partial charge in [0.2, 0.25) is 5.91 Å². The molecule has 0 fully saturated rings. The second-order valence-corrected chi connectivity index (χ2v) is 6.22. The van der Waals surface area contributed by atoms with Crippen molar-refractivity contribution in [1.29, 1.82) is 0 Å². The van der Waals surface area contributed by atoms with Gasteiger partial charge in [-0.15, -0.1) is 12.4 Å². The van der Waals surface area contributed by atoms with Crippen molar-refractivity contribution in [2.24, 2.45) is 5.73 Å². The number of rotatable bonds is 11. The van der Waals surface area contributed by atoms with Gasteiger partial charge in [0.15, 0.2) is 5.82 Å². The number of aryl methyl sites for hydroxylation is 2. The van der Waals surface area contributed by atoms with Crippen LogP contribution in [0.1, 0.15) is 30.7 Å². The quantitative estimate of drug-likeness (QED) is 0.316. The van der Waals surface area contributed by atoms with Gasteiger partial charge >= 0.3 is 7.12 Å². The monoisotopic (exact) mass is 395 g/mol. The number of benzene rings is 1. The summed E-state index contributed by atoms with van der Waals surface area (Å²) in [5, 5.41) is 25.7. The zero-order chi connectivity index (χ0) is 18.8. The fourth-order valence-electron chi connectivity index (χ4n) is 2.63. The number of halogens is 1. The molecule has 2 rings (SSSR count). The molecule has 0 saturated heterocycles. The molecule has 0 radical (unpaired) electrons. The highest BCUT2D eigenvalue weighted by Gasteiger charge is 2.24. The number of carbonyl (C=O) groups is 1. The maximum Gasteiger partial charge on any atom is 0.475 e. The molecular formula is C17H27BClN5O3. The Kier molecular flexibility index (Phi) is 10.7. The number of carbonyl (C=O) groups excluding carboxylic acids is 1. The van der Waals surface area contributed by atoms with Gasteiger partial charge in [0.25, 0.3) is 0 Å². The maximum atomic E-state index is 12.1. The van der Waals surface area contributed by atoms with Crippen molar-refractivity contribution in [1.82, 2.24) is 20.1 Å². The average Bonchev–Trinajstić information content (AvgIpc) is 3.07. The summed E-state index contributed by atoms with van der Waals surface area (Å²) < 4.78 is 1.45. The molecule has 0 spiro atoms. The molecule has 148 valence electrons. The lowest BCUT2D eigenvalue weighted by molar-refractivity contribution is -0.122. The van der Waals surface area contributed by atoms with E-state index in [0.717, 1.165) is 12.8 Å². The molecule has 0 saturated carbocycles. The van der Waals surface area contributed by atoms with Crippen molar-refractivity contribution >= 4 is 25.4 Å². The third-order valence-electron chi connectivity index (χ3n) is 4.05. The van der Waals surface area contributed by atoms with Gasteiger partial charge in [-0.2, -0.15) is 5.10 Å². The molecule has 1 amide bonds. The van der Waals surface area contributed by atoms with Crippen LogP contribution in [0.3, 0.4) is 0 Å². The Labute approximate surface area is 165 Å². The summed E-state index contributed by atoms with van der Waals surface area (Å²) in [6.07, 6.45) is 4.98. The normalized spacial score (nSPS) is 11.5. The Morgan fingerprint density at radius 3 is 2.63 bits per heavy atom. The number of hydrogen-bond donors (Lipinski definition) is 4. The van der Waals surface area contributed by atoms with Gasteiger partial charge in [0.1, 0.15) is 12.9 Å². The molecule has 0 bridgehead atoms. The lowest BCUT2D eigenvalue weighted by Crippen LogP contribution is -2.47. The first-order chi connectivity index (χ1) is 12.6. The summed E-state index contributed by atoms with van der Waals surface area (Å²) in [5.74, 6) is -0.381. The Morgan fingerprint density at radius 2 is 1.96 bits per heavy atom. The predicted molar refractivity (Wildman–Crippen MR) is 106 cm³/mol. The summed E-state index contributed by atoms with van der Waals surface area (Å²) in [6, 6.07) is 10.1. The van der Waals surface area contributed by atoms with Crippen LogP contribution in [0.5, 0.6) is 0 Å². The highest BCUT2D eigenvalue weighted by molar-refractivity contribution is 6.43. The first-order valence-corrected chi connectivity index (χ1v) is 8.86. The summed E-state index contributed by atoms with van der Waals surface area (Å²) in [6.45, 7) is 0.519. The van der Waals surface area contributed by atoms with Gasteiger partial charge < -0.3 is 21.1 Å². The van der Waals surface area contributed by atoms with Crippen LogP contribution in [-0.2, 0) is 24.2 Å². The summed E-state index contributed by atoms with van der Waals surface area (Å²) in [7, 11) is -1.60. The predicted octanol–water partition coefficient (Wildman–Crippen LogP) is 0.111. The van der Waals surface area contributed by atoms with E-state index >= 15 is 0 Å². The minimum absolute atomic E-state index is 0. The van der Waals surface area contributed by atoms with Crippen molar-refractivity contribution in [3.8, 4) is 0 Å². The highest BCUT2D eigenvalue weighted by atomic mass is 35.5. The SMILES string of the molecule is Cl.NCCCC[C@H](NC(=O)Cn1cnc(CCc2ccccc2)n1)B(O)O. The van der Waals surface area contributed by atoms with Gasteiger partial charge in [0, 0.05) is 6.42 Å². The van der Waals surface area contributed by atoms with Crippen LogP contribution in [0.25, 0.3) is 0 Å². The van der Waals surface area contributed by atoms with Crippen molar-refractivity contribution in [3.63, 3.8) is 0 Å². The van der Waals surface area contributed by atoms with E-state index in [9.17, 15) is 14.8 Å². The number of nitrogens with zero attached hydrogens (tertiary/aromatic N) is 3. The average molecular weight is 396 g/mol. The van der Waals surface area contributed by atoms with Gasteiger partial charge in [-0.1, -0.05) is 36.8 Å². The standard InChI is InChI=1S/C17H26BN5O3.ClH/c19-11-5-4-8-15(18(25)26)21-17(24)12-23-13-20-16(22-23)10-9-14-6-2-1-3-7-14;/h1-3,6-7,13,15,25-26H,4-5,8-12,19H2,(H,21,24);1H/t15-;/m0./s1. The lowest BCUT2D eigenvalue weighted by atomic mass is 9.76. The van der Waals surface area contributed by atoms with E-state index in [2.05, 4.69) is 27.5 Å². The van der Waals surface area contributed by atoms with Crippen LogP contribution >= 0.6 is 12.4 Å². The number of hydrogen-bond acceptors (Lipinski definition) is 6. The molecule has 1 aromatic heterocycles. The second kappa shape index (κ2) is 12.5. The van der Waals surface area contributed by atoms with Crippen LogP contribution in [0, 0.1) is 0 Å². The molecule has 1 aromatic carbocycles. The zero-order valence-corrected chi connectivity index (χ0v) is 16.0. The first kappa shape index (κ1) is 23.1. The zero-order valence-electron chi connectivity index (χ0n) is 15.2. The van der Waals surface area contributed by atoms with Crippen LogP contribution in [0.2, 0.25) is 0 Å². The van der Waals surface area contributed by atoms with E-state index in [4.69, 9.17) is 5.73 Å². The molecule has 27 heavy (non-hydrogen) atoms. The lowest BCUT2D eigenvalue weighted by Gasteiger charge is -2.17.